The normalized spacial score (nSPS) is 23.2. The lowest BCUT2D eigenvalue weighted by Gasteiger charge is -2.47. The van der Waals surface area contributed by atoms with Gasteiger partial charge in [0.05, 0.1) is 10.9 Å². The second-order valence-corrected chi connectivity index (χ2v) is 7.29. The van der Waals surface area contributed by atoms with E-state index >= 15 is 0 Å². The highest BCUT2D eigenvalue weighted by Crippen LogP contribution is 2.45. The topological polar surface area (TPSA) is 59.1 Å². The van der Waals surface area contributed by atoms with Gasteiger partial charge in [-0.1, -0.05) is 0 Å². The number of hydrogen-bond acceptors (Lipinski definition) is 5. The molecule has 2 amide bonds. The molecule has 2 aliphatic heterocycles. The largest absolute Gasteiger partial charge is 0.372 e. The molecule has 1 unspecified atom stereocenters. The summed E-state index contributed by atoms with van der Waals surface area (Å²) in [6.45, 7) is 4.30. The molecular formula is C14H24N2O4S. The van der Waals surface area contributed by atoms with Gasteiger partial charge in [0.15, 0.2) is 0 Å². The summed E-state index contributed by atoms with van der Waals surface area (Å²) in [4.78, 5) is 26.7. The van der Waals surface area contributed by atoms with Gasteiger partial charge in [0.2, 0.25) is 11.8 Å². The summed E-state index contributed by atoms with van der Waals surface area (Å²) >= 11 is 1.86. The Morgan fingerprint density at radius 2 is 2.05 bits per heavy atom. The van der Waals surface area contributed by atoms with Crippen molar-refractivity contribution >= 4 is 23.6 Å². The quantitative estimate of drug-likeness (QED) is 0.701. The highest BCUT2D eigenvalue weighted by Gasteiger charge is 2.50. The Morgan fingerprint density at radius 3 is 2.67 bits per heavy atom. The lowest BCUT2D eigenvalue weighted by atomic mass is 9.93. The number of hydrogen-bond donors (Lipinski definition) is 0. The van der Waals surface area contributed by atoms with E-state index < -0.39 is 0 Å². The SMILES string of the molecule is CCOCC(=O)N1CC2(CC(OCC(=O)N(C)C)CS2)C1. The van der Waals surface area contributed by atoms with Crippen LogP contribution in [0.25, 0.3) is 0 Å². The molecule has 0 aliphatic carbocycles. The fourth-order valence-corrected chi connectivity index (χ4v) is 4.11. The van der Waals surface area contributed by atoms with Gasteiger partial charge in [-0.25, -0.2) is 0 Å². The van der Waals surface area contributed by atoms with Crippen LogP contribution in [-0.2, 0) is 19.1 Å². The van der Waals surface area contributed by atoms with Crippen LogP contribution in [0.2, 0.25) is 0 Å². The van der Waals surface area contributed by atoms with E-state index in [1.165, 1.54) is 4.90 Å². The number of likely N-dealkylation sites (tertiary alicyclic amines) is 1. The van der Waals surface area contributed by atoms with Crippen molar-refractivity contribution in [2.45, 2.75) is 24.2 Å². The van der Waals surface area contributed by atoms with E-state index in [0.29, 0.717) is 6.61 Å². The molecule has 120 valence electrons. The number of nitrogens with zero attached hydrogens (tertiary/aromatic N) is 2. The fraction of sp³-hybridized carbons (Fsp3) is 0.857. The molecule has 0 bridgehead atoms. The van der Waals surface area contributed by atoms with Crippen LogP contribution >= 0.6 is 11.8 Å². The molecule has 2 saturated heterocycles. The van der Waals surface area contributed by atoms with Gasteiger partial charge in [-0.05, 0) is 13.3 Å². The van der Waals surface area contributed by atoms with E-state index in [1.807, 2.05) is 23.6 Å². The first-order chi connectivity index (χ1) is 9.96. The van der Waals surface area contributed by atoms with Gasteiger partial charge in [0.25, 0.3) is 0 Å². The maximum absolute atomic E-state index is 11.8. The summed E-state index contributed by atoms with van der Waals surface area (Å²) in [5.41, 5.74) is 0. The van der Waals surface area contributed by atoms with Crippen LogP contribution in [0.15, 0.2) is 0 Å². The molecule has 2 fully saturated rings. The van der Waals surface area contributed by atoms with Crippen molar-refractivity contribution < 1.29 is 19.1 Å². The van der Waals surface area contributed by atoms with Crippen molar-refractivity contribution in [1.82, 2.24) is 9.80 Å². The van der Waals surface area contributed by atoms with Crippen LogP contribution in [-0.4, -0.2) is 85.2 Å². The molecule has 0 radical (unpaired) electrons. The van der Waals surface area contributed by atoms with Gasteiger partial charge >= 0.3 is 0 Å². The molecule has 2 aliphatic rings. The van der Waals surface area contributed by atoms with Crippen molar-refractivity contribution in [3.05, 3.63) is 0 Å². The van der Waals surface area contributed by atoms with Crippen molar-refractivity contribution in [2.24, 2.45) is 0 Å². The number of carbonyl (C=O) groups is 2. The van der Waals surface area contributed by atoms with Gasteiger partial charge < -0.3 is 19.3 Å². The number of thioether (sulfide) groups is 1. The van der Waals surface area contributed by atoms with Gasteiger partial charge in [-0.3, -0.25) is 9.59 Å². The lowest BCUT2D eigenvalue weighted by molar-refractivity contribution is -0.141. The smallest absolute Gasteiger partial charge is 0.248 e. The summed E-state index contributed by atoms with van der Waals surface area (Å²) in [7, 11) is 3.45. The summed E-state index contributed by atoms with van der Waals surface area (Å²) in [5.74, 6) is 0.951. The van der Waals surface area contributed by atoms with Crippen molar-refractivity contribution in [3.63, 3.8) is 0 Å². The summed E-state index contributed by atoms with van der Waals surface area (Å²) < 4.78 is 11.0. The zero-order chi connectivity index (χ0) is 15.5. The fourth-order valence-electron chi connectivity index (χ4n) is 2.55. The third-order valence-electron chi connectivity index (χ3n) is 3.86. The number of carbonyl (C=O) groups excluding carboxylic acids is 2. The van der Waals surface area contributed by atoms with Crippen molar-refractivity contribution in [3.8, 4) is 0 Å². The minimum Gasteiger partial charge on any atom is -0.372 e. The van der Waals surface area contributed by atoms with Crippen LogP contribution in [0.4, 0.5) is 0 Å². The molecular weight excluding hydrogens is 292 g/mol. The zero-order valence-corrected chi connectivity index (χ0v) is 13.8. The molecule has 0 aromatic heterocycles. The molecule has 0 aromatic carbocycles. The Bertz CT molecular complexity index is 396. The maximum atomic E-state index is 11.8. The van der Waals surface area contributed by atoms with E-state index in [-0.39, 0.29) is 35.9 Å². The molecule has 1 spiro atoms. The molecule has 7 heteroatoms. The van der Waals surface area contributed by atoms with E-state index in [1.54, 1.807) is 14.1 Å². The first kappa shape index (κ1) is 16.6. The van der Waals surface area contributed by atoms with Gasteiger partial charge in [-0.2, -0.15) is 0 Å². The third-order valence-corrected chi connectivity index (χ3v) is 5.43. The second-order valence-electron chi connectivity index (χ2n) is 5.81. The number of amides is 2. The minimum atomic E-state index is -0.0110. The Morgan fingerprint density at radius 1 is 1.33 bits per heavy atom. The average Bonchev–Trinajstić information content (AvgIpc) is 2.84. The Labute approximate surface area is 130 Å². The van der Waals surface area contributed by atoms with E-state index in [4.69, 9.17) is 9.47 Å². The highest BCUT2D eigenvalue weighted by molar-refractivity contribution is 8.01. The summed E-state index contributed by atoms with van der Waals surface area (Å²) in [5, 5.41) is 0. The molecule has 2 rings (SSSR count). The van der Waals surface area contributed by atoms with Crippen LogP contribution in [0.1, 0.15) is 13.3 Å². The van der Waals surface area contributed by atoms with Crippen LogP contribution in [0.5, 0.6) is 0 Å². The predicted octanol–water partition coefficient (Wildman–Crippen LogP) is 0.214. The summed E-state index contributed by atoms with van der Waals surface area (Å²) in [6.07, 6.45) is 1.03. The van der Waals surface area contributed by atoms with Crippen molar-refractivity contribution in [2.75, 3.05) is 52.8 Å². The van der Waals surface area contributed by atoms with Crippen molar-refractivity contribution in [1.29, 1.82) is 0 Å². The number of ether oxygens (including phenoxy) is 2. The minimum absolute atomic E-state index is 0.0110. The molecule has 21 heavy (non-hydrogen) atoms. The van der Waals surface area contributed by atoms with Crippen LogP contribution in [0, 0.1) is 0 Å². The van der Waals surface area contributed by atoms with Gasteiger partial charge in [-0.15, -0.1) is 11.8 Å². The molecule has 2 heterocycles. The predicted molar refractivity (Wildman–Crippen MR) is 81.3 cm³/mol. The second kappa shape index (κ2) is 6.98. The first-order valence-electron chi connectivity index (χ1n) is 7.27. The van der Waals surface area contributed by atoms with E-state index in [0.717, 1.165) is 25.3 Å². The van der Waals surface area contributed by atoms with E-state index in [9.17, 15) is 9.59 Å². The number of likely N-dealkylation sites (N-methyl/N-ethyl adjacent to an activating group) is 1. The lowest BCUT2D eigenvalue weighted by Crippen LogP contribution is -2.61. The number of rotatable bonds is 6. The molecule has 6 nitrogen and oxygen atoms in total. The zero-order valence-electron chi connectivity index (χ0n) is 13.0. The molecule has 0 N–H and O–H groups in total. The third kappa shape index (κ3) is 4.11. The Balaban J connectivity index is 1.69. The van der Waals surface area contributed by atoms with Crippen LogP contribution < -0.4 is 0 Å². The standard InChI is InChI=1S/C14H24N2O4S/c1-4-19-6-13(18)16-9-14(10-16)5-11(8-21-14)20-7-12(17)15(2)3/h11H,4-10H2,1-3H3. The van der Waals surface area contributed by atoms with Gasteiger partial charge in [0.1, 0.15) is 13.2 Å². The Kier molecular flexibility index (Phi) is 5.51. The Hall–Kier alpha value is -0.790. The van der Waals surface area contributed by atoms with Gasteiger partial charge in [0, 0.05) is 39.5 Å². The molecule has 1 atom stereocenters. The monoisotopic (exact) mass is 316 g/mol. The highest BCUT2D eigenvalue weighted by atomic mass is 32.2. The maximum Gasteiger partial charge on any atom is 0.248 e. The average molecular weight is 316 g/mol. The summed E-state index contributed by atoms with van der Waals surface area (Å²) in [6, 6.07) is 0. The molecule has 0 saturated carbocycles. The van der Waals surface area contributed by atoms with E-state index in [2.05, 4.69) is 0 Å². The first-order valence-corrected chi connectivity index (χ1v) is 8.25. The van der Waals surface area contributed by atoms with Crippen LogP contribution in [0.3, 0.4) is 0 Å². The molecule has 0 aromatic rings.